The summed E-state index contributed by atoms with van der Waals surface area (Å²) in [7, 11) is 0. The molecule has 0 bridgehead atoms. The molecule has 2 aromatic rings. The van der Waals surface area contributed by atoms with Gasteiger partial charge in [-0.25, -0.2) is 13.2 Å². The molecule has 0 aromatic heterocycles. The van der Waals surface area contributed by atoms with Gasteiger partial charge in [0.2, 0.25) is 0 Å². The fourth-order valence-electron chi connectivity index (χ4n) is 1.62. The van der Waals surface area contributed by atoms with Gasteiger partial charge in [0.05, 0.1) is 0 Å². The van der Waals surface area contributed by atoms with Gasteiger partial charge in [0.15, 0.2) is 0 Å². The van der Waals surface area contributed by atoms with Crippen molar-refractivity contribution >= 4 is 11.6 Å². The lowest BCUT2D eigenvalue weighted by atomic mass is 10.1. The van der Waals surface area contributed by atoms with Gasteiger partial charge in [-0.15, -0.1) is 0 Å². The van der Waals surface area contributed by atoms with E-state index in [2.05, 4.69) is 5.32 Å². The smallest absolute Gasteiger partial charge is 0.255 e. The highest BCUT2D eigenvalue weighted by atomic mass is 19.1. The largest absolute Gasteiger partial charge is 0.322 e. The van der Waals surface area contributed by atoms with E-state index >= 15 is 0 Å². The molecule has 2 aromatic carbocycles. The average molecular weight is 265 g/mol. The number of amides is 1. The average Bonchev–Trinajstić information content (AvgIpc) is 2.33. The fourth-order valence-corrected chi connectivity index (χ4v) is 1.62. The summed E-state index contributed by atoms with van der Waals surface area (Å²) in [5, 5.41) is 2.41. The first-order chi connectivity index (χ1) is 8.97. The van der Waals surface area contributed by atoms with Crippen LogP contribution in [0.2, 0.25) is 0 Å². The molecule has 0 saturated carbocycles. The maximum absolute atomic E-state index is 13.3. The summed E-state index contributed by atoms with van der Waals surface area (Å²) in [6.45, 7) is 1.50. The number of nitrogens with one attached hydrogen (secondary N) is 1. The Balaban J connectivity index is 2.28. The summed E-state index contributed by atoms with van der Waals surface area (Å²) in [4.78, 5) is 11.8. The van der Waals surface area contributed by atoms with E-state index in [1.807, 2.05) is 0 Å². The monoisotopic (exact) mass is 265 g/mol. The molecule has 0 spiro atoms. The van der Waals surface area contributed by atoms with Gasteiger partial charge in [0.1, 0.15) is 17.5 Å². The van der Waals surface area contributed by atoms with Crippen molar-refractivity contribution in [2.75, 3.05) is 5.32 Å². The Hall–Kier alpha value is -2.30. The summed E-state index contributed by atoms with van der Waals surface area (Å²) in [6, 6.07) is 6.69. The van der Waals surface area contributed by atoms with Crippen molar-refractivity contribution in [1.82, 2.24) is 0 Å². The Kier molecular flexibility index (Phi) is 3.55. The normalized spacial score (nSPS) is 10.3. The van der Waals surface area contributed by atoms with Crippen molar-refractivity contribution in [3.05, 3.63) is 65.0 Å². The van der Waals surface area contributed by atoms with Crippen LogP contribution in [0.25, 0.3) is 0 Å². The molecular weight excluding hydrogens is 255 g/mol. The summed E-state index contributed by atoms with van der Waals surface area (Å²) < 4.78 is 39.3. The van der Waals surface area contributed by atoms with Gasteiger partial charge in [0, 0.05) is 22.9 Å². The number of hydrogen-bond acceptors (Lipinski definition) is 1. The van der Waals surface area contributed by atoms with E-state index in [0.717, 1.165) is 12.1 Å². The van der Waals surface area contributed by atoms with Crippen molar-refractivity contribution in [1.29, 1.82) is 0 Å². The summed E-state index contributed by atoms with van der Waals surface area (Å²) >= 11 is 0. The van der Waals surface area contributed by atoms with Crippen LogP contribution >= 0.6 is 0 Å². The first-order valence-corrected chi connectivity index (χ1v) is 5.50. The second kappa shape index (κ2) is 5.14. The zero-order chi connectivity index (χ0) is 14.0. The molecule has 0 aliphatic heterocycles. The standard InChI is InChI=1S/C14H10F3NO/c1-8-12(17)3-2-4-13(8)18-14(19)9-5-10(15)7-11(16)6-9/h2-7H,1H3,(H,18,19). The maximum atomic E-state index is 13.3. The van der Waals surface area contributed by atoms with Crippen LogP contribution in [0, 0.1) is 24.4 Å². The Morgan fingerprint density at radius 3 is 2.32 bits per heavy atom. The van der Waals surface area contributed by atoms with Crippen LogP contribution in [0.3, 0.4) is 0 Å². The number of hydrogen-bond donors (Lipinski definition) is 1. The van der Waals surface area contributed by atoms with E-state index in [1.165, 1.54) is 25.1 Å². The number of halogens is 3. The minimum absolute atomic E-state index is 0.166. The van der Waals surface area contributed by atoms with Crippen molar-refractivity contribution in [3.63, 3.8) is 0 Å². The van der Waals surface area contributed by atoms with Crippen molar-refractivity contribution in [2.45, 2.75) is 6.92 Å². The molecule has 2 rings (SSSR count). The second-order valence-corrected chi connectivity index (χ2v) is 4.02. The van der Waals surface area contributed by atoms with Crippen LogP contribution < -0.4 is 5.32 Å². The van der Waals surface area contributed by atoms with E-state index in [-0.39, 0.29) is 16.8 Å². The molecule has 0 heterocycles. The van der Waals surface area contributed by atoms with Crippen LogP contribution in [0.4, 0.5) is 18.9 Å². The highest BCUT2D eigenvalue weighted by molar-refractivity contribution is 6.04. The number of carbonyl (C=O) groups excluding carboxylic acids is 1. The molecule has 0 radical (unpaired) electrons. The minimum Gasteiger partial charge on any atom is -0.322 e. The molecule has 5 heteroatoms. The molecule has 2 nitrogen and oxygen atoms in total. The summed E-state index contributed by atoms with van der Waals surface area (Å²) in [5.41, 5.74) is 0.351. The number of rotatable bonds is 2. The molecule has 0 fully saturated rings. The lowest BCUT2D eigenvalue weighted by Crippen LogP contribution is -2.13. The lowest BCUT2D eigenvalue weighted by Gasteiger charge is -2.09. The quantitative estimate of drug-likeness (QED) is 0.882. The number of benzene rings is 2. The van der Waals surface area contributed by atoms with Crippen LogP contribution in [0.5, 0.6) is 0 Å². The maximum Gasteiger partial charge on any atom is 0.255 e. The third kappa shape index (κ3) is 2.93. The Labute approximate surface area is 107 Å². The molecular formula is C14H10F3NO. The topological polar surface area (TPSA) is 29.1 Å². The predicted molar refractivity (Wildman–Crippen MR) is 65.4 cm³/mol. The number of carbonyl (C=O) groups is 1. The van der Waals surface area contributed by atoms with E-state index in [1.54, 1.807) is 0 Å². The Morgan fingerprint density at radius 1 is 1.05 bits per heavy atom. The summed E-state index contributed by atoms with van der Waals surface area (Å²) in [5.74, 6) is -2.86. The van der Waals surface area contributed by atoms with Crippen LogP contribution in [0.15, 0.2) is 36.4 Å². The molecule has 0 aliphatic carbocycles. The molecule has 0 unspecified atom stereocenters. The van der Waals surface area contributed by atoms with Crippen molar-refractivity contribution in [3.8, 4) is 0 Å². The van der Waals surface area contributed by atoms with Crippen LogP contribution in [-0.2, 0) is 0 Å². The Bertz CT molecular complexity index is 620. The van der Waals surface area contributed by atoms with Gasteiger partial charge in [0.25, 0.3) is 5.91 Å². The van der Waals surface area contributed by atoms with E-state index in [4.69, 9.17) is 0 Å². The molecule has 19 heavy (non-hydrogen) atoms. The number of anilines is 1. The molecule has 1 N–H and O–H groups in total. The molecule has 0 saturated heterocycles. The zero-order valence-electron chi connectivity index (χ0n) is 10.0. The SMILES string of the molecule is Cc1c(F)cccc1NC(=O)c1cc(F)cc(F)c1. The van der Waals surface area contributed by atoms with Crippen molar-refractivity contribution in [2.24, 2.45) is 0 Å². The predicted octanol–water partition coefficient (Wildman–Crippen LogP) is 3.66. The van der Waals surface area contributed by atoms with Gasteiger partial charge in [-0.2, -0.15) is 0 Å². The summed E-state index contributed by atoms with van der Waals surface area (Å²) in [6.07, 6.45) is 0. The second-order valence-electron chi connectivity index (χ2n) is 4.02. The molecule has 98 valence electrons. The molecule has 0 aliphatic rings. The van der Waals surface area contributed by atoms with Crippen molar-refractivity contribution < 1.29 is 18.0 Å². The van der Waals surface area contributed by atoms with Crippen LogP contribution in [-0.4, -0.2) is 5.91 Å². The van der Waals surface area contributed by atoms with Crippen LogP contribution in [0.1, 0.15) is 15.9 Å². The van der Waals surface area contributed by atoms with E-state index < -0.39 is 23.4 Å². The Morgan fingerprint density at radius 2 is 1.68 bits per heavy atom. The highest BCUT2D eigenvalue weighted by Gasteiger charge is 2.11. The molecule has 0 atom stereocenters. The fraction of sp³-hybridized carbons (Fsp3) is 0.0714. The van der Waals surface area contributed by atoms with E-state index in [0.29, 0.717) is 6.07 Å². The van der Waals surface area contributed by atoms with E-state index in [9.17, 15) is 18.0 Å². The zero-order valence-corrected chi connectivity index (χ0v) is 10.0. The van der Waals surface area contributed by atoms with Gasteiger partial charge < -0.3 is 5.32 Å². The van der Waals surface area contributed by atoms with Gasteiger partial charge in [-0.3, -0.25) is 4.79 Å². The minimum atomic E-state index is -0.846. The third-order valence-electron chi connectivity index (χ3n) is 2.64. The van der Waals surface area contributed by atoms with Gasteiger partial charge in [-0.05, 0) is 31.2 Å². The first kappa shape index (κ1) is 13.1. The molecule has 1 amide bonds. The van der Waals surface area contributed by atoms with Gasteiger partial charge in [-0.1, -0.05) is 6.07 Å². The first-order valence-electron chi connectivity index (χ1n) is 5.50. The lowest BCUT2D eigenvalue weighted by molar-refractivity contribution is 0.102. The highest BCUT2D eigenvalue weighted by Crippen LogP contribution is 2.18. The van der Waals surface area contributed by atoms with Gasteiger partial charge >= 0.3 is 0 Å². The third-order valence-corrected chi connectivity index (χ3v) is 2.64.